The molecule has 102 valence electrons. The molecule has 1 rings (SSSR count). The molecule has 18 heavy (non-hydrogen) atoms. The third-order valence-corrected chi connectivity index (χ3v) is 3.42. The van der Waals surface area contributed by atoms with Gasteiger partial charge in [-0.3, -0.25) is 0 Å². The zero-order chi connectivity index (χ0) is 13.8. The fourth-order valence-corrected chi connectivity index (χ4v) is 2.26. The third kappa shape index (κ3) is 4.17. The van der Waals surface area contributed by atoms with Crippen molar-refractivity contribution in [1.82, 2.24) is 0 Å². The molecule has 1 unspecified atom stereocenters. The van der Waals surface area contributed by atoms with E-state index in [1.165, 1.54) is 6.07 Å². The molecule has 5 N–H and O–H groups in total. The van der Waals surface area contributed by atoms with E-state index in [2.05, 4.69) is 5.32 Å². The molecule has 0 aromatic heterocycles. The van der Waals surface area contributed by atoms with E-state index in [1.54, 1.807) is 19.2 Å². The minimum atomic E-state index is -3.80. The van der Waals surface area contributed by atoms with Crippen LogP contribution in [-0.4, -0.2) is 28.2 Å². The van der Waals surface area contributed by atoms with Crippen molar-refractivity contribution in [2.24, 2.45) is 5.14 Å². The highest BCUT2D eigenvalue weighted by molar-refractivity contribution is 7.89. The van der Waals surface area contributed by atoms with E-state index in [1.807, 2.05) is 6.92 Å². The number of anilines is 2. The minimum Gasteiger partial charge on any atom is -0.399 e. The fourth-order valence-electron chi connectivity index (χ4n) is 1.53. The van der Waals surface area contributed by atoms with Crippen molar-refractivity contribution in [3.05, 3.63) is 18.2 Å². The molecule has 0 aliphatic rings. The molecular formula is C11H19N3O3S. The van der Waals surface area contributed by atoms with Gasteiger partial charge >= 0.3 is 0 Å². The maximum absolute atomic E-state index is 11.5. The first-order chi connectivity index (χ1) is 8.34. The Hall–Kier alpha value is -1.31. The van der Waals surface area contributed by atoms with Crippen LogP contribution in [-0.2, 0) is 14.8 Å². The van der Waals surface area contributed by atoms with Crippen LogP contribution in [0.15, 0.2) is 23.1 Å². The lowest BCUT2D eigenvalue weighted by molar-refractivity contribution is 0.191. The summed E-state index contributed by atoms with van der Waals surface area (Å²) in [7, 11) is -2.18. The van der Waals surface area contributed by atoms with Crippen LogP contribution in [0.1, 0.15) is 13.3 Å². The van der Waals surface area contributed by atoms with Crippen molar-refractivity contribution in [3.8, 4) is 0 Å². The number of primary sulfonamides is 1. The van der Waals surface area contributed by atoms with E-state index in [4.69, 9.17) is 15.6 Å². The first-order valence-corrected chi connectivity index (χ1v) is 7.07. The Balaban J connectivity index is 2.95. The zero-order valence-corrected chi connectivity index (χ0v) is 11.3. The van der Waals surface area contributed by atoms with Gasteiger partial charge in [0.05, 0.1) is 5.69 Å². The van der Waals surface area contributed by atoms with E-state index in [9.17, 15) is 8.42 Å². The Morgan fingerprint density at radius 3 is 2.67 bits per heavy atom. The number of hydrogen-bond acceptors (Lipinski definition) is 5. The molecule has 0 amide bonds. The molecule has 0 saturated heterocycles. The molecule has 0 spiro atoms. The van der Waals surface area contributed by atoms with Gasteiger partial charge in [0.1, 0.15) is 4.90 Å². The van der Waals surface area contributed by atoms with Crippen LogP contribution >= 0.6 is 0 Å². The number of hydrogen-bond donors (Lipinski definition) is 3. The Labute approximate surface area is 107 Å². The third-order valence-electron chi connectivity index (χ3n) is 2.47. The van der Waals surface area contributed by atoms with Gasteiger partial charge in [0, 0.05) is 25.4 Å². The van der Waals surface area contributed by atoms with Crippen molar-refractivity contribution >= 4 is 21.4 Å². The van der Waals surface area contributed by atoms with Crippen LogP contribution in [0.2, 0.25) is 0 Å². The van der Waals surface area contributed by atoms with Crippen molar-refractivity contribution in [1.29, 1.82) is 0 Å². The fraction of sp³-hybridized carbons (Fsp3) is 0.455. The average Bonchev–Trinajstić information content (AvgIpc) is 2.27. The molecule has 0 radical (unpaired) electrons. The van der Waals surface area contributed by atoms with Crippen molar-refractivity contribution in [3.63, 3.8) is 0 Å². The number of methoxy groups -OCH3 is 1. The number of nitrogen functional groups attached to an aromatic ring is 1. The van der Waals surface area contributed by atoms with Gasteiger partial charge in [0.2, 0.25) is 10.0 Å². The molecule has 6 nitrogen and oxygen atoms in total. The van der Waals surface area contributed by atoms with Gasteiger partial charge in [-0.1, -0.05) is 0 Å². The summed E-state index contributed by atoms with van der Waals surface area (Å²) in [5.41, 5.74) is 6.38. The second kappa shape index (κ2) is 6.03. The van der Waals surface area contributed by atoms with Crippen molar-refractivity contribution in [2.45, 2.75) is 24.3 Å². The largest absolute Gasteiger partial charge is 0.399 e. The highest BCUT2D eigenvalue weighted by Gasteiger charge is 2.15. The first kappa shape index (κ1) is 14.7. The number of sulfonamides is 1. The molecule has 0 fully saturated rings. The maximum atomic E-state index is 11.5. The van der Waals surface area contributed by atoms with Gasteiger partial charge in [-0.2, -0.15) is 0 Å². The molecule has 7 heteroatoms. The molecule has 1 aromatic carbocycles. The van der Waals surface area contributed by atoms with Gasteiger partial charge in [-0.25, -0.2) is 13.6 Å². The summed E-state index contributed by atoms with van der Waals surface area (Å²) in [6, 6.07) is 4.65. The molecule has 1 aromatic rings. The van der Waals surface area contributed by atoms with Crippen LogP contribution in [0.25, 0.3) is 0 Å². The maximum Gasteiger partial charge on any atom is 0.240 e. The number of nitrogens with two attached hydrogens (primary N) is 2. The quantitative estimate of drug-likeness (QED) is 0.663. The van der Waals surface area contributed by atoms with Crippen LogP contribution in [0.3, 0.4) is 0 Å². The Bertz CT molecular complexity index is 502. The number of ether oxygens (including phenoxy) is 1. The van der Waals surface area contributed by atoms with Crippen LogP contribution in [0, 0.1) is 0 Å². The van der Waals surface area contributed by atoms with Crippen LogP contribution in [0.5, 0.6) is 0 Å². The molecule has 0 aliphatic carbocycles. The SMILES string of the molecule is COCCC(C)Nc1ccc(N)cc1S(N)(=O)=O. The number of nitrogens with one attached hydrogen (secondary N) is 1. The Morgan fingerprint density at radius 2 is 2.11 bits per heavy atom. The molecule has 1 atom stereocenters. The van der Waals surface area contributed by atoms with E-state index in [-0.39, 0.29) is 10.9 Å². The average molecular weight is 273 g/mol. The lowest BCUT2D eigenvalue weighted by atomic mass is 10.2. The van der Waals surface area contributed by atoms with E-state index in [0.29, 0.717) is 18.0 Å². The van der Waals surface area contributed by atoms with Crippen molar-refractivity contribution < 1.29 is 13.2 Å². The summed E-state index contributed by atoms with van der Waals surface area (Å²) in [6.45, 7) is 2.52. The predicted molar refractivity (Wildman–Crippen MR) is 71.8 cm³/mol. The molecule has 0 aliphatic heterocycles. The highest BCUT2D eigenvalue weighted by atomic mass is 32.2. The summed E-state index contributed by atoms with van der Waals surface area (Å²) >= 11 is 0. The second-order valence-corrected chi connectivity index (χ2v) is 5.66. The van der Waals surface area contributed by atoms with E-state index in [0.717, 1.165) is 6.42 Å². The highest BCUT2D eigenvalue weighted by Crippen LogP contribution is 2.23. The molecule has 0 heterocycles. The normalized spacial score (nSPS) is 13.3. The standard InChI is InChI=1S/C11H19N3O3S/c1-8(5-6-17-2)14-10-4-3-9(12)7-11(10)18(13,15)16/h3-4,7-8,14H,5-6,12H2,1-2H3,(H2,13,15,16). The van der Waals surface area contributed by atoms with Crippen LogP contribution < -0.4 is 16.2 Å². The van der Waals surface area contributed by atoms with Crippen LogP contribution in [0.4, 0.5) is 11.4 Å². The number of benzene rings is 1. The van der Waals surface area contributed by atoms with Crippen molar-refractivity contribution in [2.75, 3.05) is 24.8 Å². The summed E-state index contributed by atoms with van der Waals surface area (Å²) in [4.78, 5) is 0.00627. The topological polar surface area (TPSA) is 107 Å². The Kier molecular flexibility index (Phi) is 4.94. The second-order valence-electron chi connectivity index (χ2n) is 4.13. The van der Waals surface area contributed by atoms with Gasteiger partial charge in [-0.05, 0) is 31.5 Å². The van der Waals surface area contributed by atoms with E-state index >= 15 is 0 Å². The van der Waals surface area contributed by atoms with E-state index < -0.39 is 10.0 Å². The van der Waals surface area contributed by atoms with Gasteiger partial charge in [0.25, 0.3) is 0 Å². The summed E-state index contributed by atoms with van der Waals surface area (Å²) in [5.74, 6) is 0. The predicted octanol–water partition coefficient (Wildman–Crippen LogP) is 0.753. The summed E-state index contributed by atoms with van der Waals surface area (Å²) in [6.07, 6.45) is 0.755. The Morgan fingerprint density at radius 1 is 1.44 bits per heavy atom. The molecular weight excluding hydrogens is 254 g/mol. The summed E-state index contributed by atoms with van der Waals surface area (Å²) in [5, 5.41) is 8.24. The molecule has 0 bridgehead atoms. The monoisotopic (exact) mass is 273 g/mol. The zero-order valence-electron chi connectivity index (χ0n) is 10.5. The van der Waals surface area contributed by atoms with Gasteiger partial charge < -0.3 is 15.8 Å². The minimum absolute atomic E-state index is 0.00627. The first-order valence-electron chi connectivity index (χ1n) is 5.52. The lowest BCUT2D eigenvalue weighted by Crippen LogP contribution is -2.21. The number of rotatable bonds is 6. The van der Waals surface area contributed by atoms with Gasteiger partial charge in [-0.15, -0.1) is 0 Å². The smallest absolute Gasteiger partial charge is 0.240 e. The summed E-state index contributed by atoms with van der Waals surface area (Å²) < 4.78 is 27.9. The lowest BCUT2D eigenvalue weighted by Gasteiger charge is -2.17. The molecule has 0 saturated carbocycles. The van der Waals surface area contributed by atoms with Gasteiger partial charge in [0.15, 0.2) is 0 Å².